The van der Waals surface area contributed by atoms with Crippen molar-refractivity contribution in [2.75, 3.05) is 14.7 Å². The van der Waals surface area contributed by atoms with Gasteiger partial charge in [-0.3, -0.25) is 0 Å². The fourth-order valence-corrected chi connectivity index (χ4v) is 15.1. The topological polar surface area (TPSA) is 22.9 Å². The Balaban J connectivity index is 1.02. The first-order valence-electron chi connectivity index (χ1n) is 28.1. The summed E-state index contributed by atoms with van der Waals surface area (Å²) < 4.78 is 9.41. The highest BCUT2D eigenvalue weighted by Gasteiger charge is 2.47. The third-order valence-electron chi connectivity index (χ3n) is 17.7. The summed E-state index contributed by atoms with van der Waals surface area (Å²) in [5, 5.41) is 3.51. The zero-order chi connectivity index (χ0) is 53.7. The Kier molecular flexibility index (Phi) is 10.5. The van der Waals surface area contributed by atoms with Crippen molar-refractivity contribution < 1.29 is 4.42 Å². The standard InChI is InChI=1S/C73H62BN3OS/c1-71(2,3)46-32-36-48(37-33-46)75(59-26-16-13-22-51(59)45-20-10-9-11-21-45)50-40-41-58-63(42-50)77(60-27-19-31-65-67(60)53-24-14-17-30-64(53)78-65)62-29-18-28-61-68(62)74(58)70-69(76(61)49-38-34-47(35-39-49)72(4,5)6)55-43-54-52-23-12-15-25-56(52)73(7,8)57(54)44-66(55)79-70/h9-21,23-44,51H,22H2,1-8H3. The fourth-order valence-electron chi connectivity index (χ4n) is 13.7. The second-order valence-electron chi connectivity index (χ2n) is 24.8. The first-order valence-corrected chi connectivity index (χ1v) is 28.9. The molecule has 0 spiro atoms. The molecule has 1 atom stereocenters. The predicted octanol–water partition coefficient (Wildman–Crippen LogP) is 18.6. The van der Waals surface area contributed by atoms with Crippen LogP contribution in [0.5, 0.6) is 0 Å². The zero-order valence-corrected chi connectivity index (χ0v) is 47.0. The average molecular weight is 1040 g/mol. The number of nitrogens with zero attached hydrogens (tertiary/aromatic N) is 3. The first kappa shape index (κ1) is 47.9. The van der Waals surface area contributed by atoms with Crippen LogP contribution in [0.3, 0.4) is 0 Å². The molecule has 384 valence electrons. The summed E-state index contributed by atoms with van der Waals surface area (Å²) in [6.07, 6.45) is 7.83. The van der Waals surface area contributed by atoms with Crippen LogP contribution < -0.4 is 30.4 Å². The van der Waals surface area contributed by atoms with E-state index in [1.807, 2.05) is 11.3 Å². The molecule has 2 aromatic heterocycles. The Morgan fingerprint density at radius 2 is 1.23 bits per heavy atom. The quantitative estimate of drug-likeness (QED) is 0.155. The molecule has 1 unspecified atom stereocenters. The van der Waals surface area contributed by atoms with Gasteiger partial charge >= 0.3 is 0 Å². The van der Waals surface area contributed by atoms with Gasteiger partial charge < -0.3 is 19.1 Å². The highest BCUT2D eigenvalue weighted by molar-refractivity contribution is 7.33. The molecule has 2 aliphatic heterocycles. The van der Waals surface area contributed by atoms with Crippen molar-refractivity contribution in [1.29, 1.82) is 0 Å². The molecule has 0 radical (unpaired) electrons. The number of rotatable bonds is 6. The maximum absolute atomic E-state index is 6.73. The smallest absolute Gasteiger partial charge is 0.264 e. The summed E-state index contributed by atoms with van der Waals surface area (Å²) in [5.74, 6) is 0.149. The van der Waals surface area contributed by atoms with E-state index in [0.717, 1.165) is 56.8 Å². The minimum atomic E-state index is -0.127. The molecule has 0 saturated heterocycles. The van der Waals surface area contributed by atoms with Crippen molar-refractivity contribution in [3.63, 3.8) is 0 Å². The molecule has 4 nitrogen and oxygen atoms in total. The predicted molar refractivity (Wildman–Crippen MR) is 338 cm³/mol. The molecular weight excluding hydrogens is 978 g/mol. The van der Waals surface area contributed by atoms with Crippen LogP contribution in [0.15, 0.2) is 222 Å². The zero-order valence-electron chi connectivity index (χ0n) is 46.2. The molecule has 0 fully saturated rings. The number of furan rings is 1. The molecule has 11 aromatic rings. The largest absolute Gasteiger partial charge is 0.456 e. The van der Waals surface area contributed by atoms with Crippen LogP contribution in [0, 0.1) is 0 Å². The van der Waals surface area contributed by atoms with Gasteiger partial charge in [0, 0.05) is 71.4 Å². The summed E-state index contributed by atoms with van der Waals surface area (Å²) in [4.78, 5) is 7.73. The van der Waals surface area contributed by atoms with E-state index < -0.39 is 0 Å². The Bertz CT molecular complexity index is 4350. The number of hydrogen-bond donors (Lipinski definition) is 0. The molecule has 9 aromatic carbocycles. The monoisotopic (exact) mass is 1040 g/mol. The van der Waals surface area contributed by atoms with Gasteiger partial charge in [-0.25, -0.2) is 0 Å². The lowest BCUT2D eigenvalue weighted by atomic mass is 9.36. The van der Waals surface area contributed by atoms with Gasteiger partial charge in [0.25, 0.3) is 6.71 Å². The maximum atomic E-state index is 6.73. The van der Waals surface area contributed by atoms with Gasteiger partial charge in [0.2, 0.25) is 0 Å². The lowest BCUT2D eigenvalue weighted by molar-refractivity contribution is 0.590. The van der Waals surface area contributed by atoms with E-state index in [-0.39, 0.29) is 28.9 Å². The normalized spacial score (nSPS) is 16.0. The Morgan fingerprint density at radius 3 is 2.00 bits per heavy atom. The van der Waals surface area contributed by atoms with Crippen molar-refractivity contribution in [1.82, 2.24) is 0 Å². The van der Waals surface area contributed by atoms with Gasteiger partial charge in [-0.1, -0.05) is 183 Å². The number of benzene rings is 9. The summed E-state index contributed by atoms with van der Waals surface area (Å²) in [5.41, 5.74) is 24.2. The van der Waals surface area contributed by atoms with E-state index in [1.54, 1.807) is 0 Å². The van der Waals surface area contributed by atoms with Crippen molar-refractivity contribution in [2.24, 2.45) is 0 Å². The number of thiophene rings is 1. The molecule has 79 heavy (non-hydrogen) atoms. The van der Waals surface area contributed by atoms with E-state index in [9.17, 15) is 0 Å². The molecule has 2 aliphatic carbocycles. The molecule has 15 rings (SSSR count). The summed E-state index contributed by atoms with van der Waals surface area (Å²) in [7, 11) is 0. The van der Waals surface area contributed by atoms with Crippen molar-refractivity contribution in [3.8, 4) is 11.1 Å². The van der Waals surface area contributed by atoms with Gasteiger partial charge in [0.15, 0.2) is 0 Å². The third kappa shape index (κ3) is 7.26. The molecule has 0 N–H and O–H groups in total. The first-order chi connectivity index (χ1) is 38.2. The van der Waals surface area contributed by atoms with Gasteiger partial charge in [-0.15, -0.1) is 11.3 Å². The van der Waals surface area contributed by atoms with Gasteiger partial charge in [-0.05, 0) is 152 Å². The second kappa shape index (κ2) is 17.3. The number of para-hydroxylation sites is 1. The Labute approximate surface area is 468 Å². The van der Waals surface area contributed by atoms with Crippen LogP contribution in [-0.4, -0.2) is 6.71 Å². The summed E-state index contributed by atoms with van der Waals surface area (Å²) in [6.45, 7) is 18.6. The third-order valence-corrected chi connectivity index (χ3v) is 18.9. The number of hydrogen-bond acceptors (Lipinski definition) is 5. The van der Waals surface area contributed by atoms with E-state index in [0.29, 0.717) is 0 Å². The highest BCUT2D eigenvalue weighted by Crippen LogP contribution is 2.55. The summed E-state index contributed by atoms with van der Waals surface area (Å²) >= 11 is 1.99. The molecule has 0 bridgehead atoms. The average Bonchev–Trinajstić information content (AvgIpc) is 4.26. The Hall–Kier alpha value is -8.32. The van der Waals surface area contributed by atoms with Gasteiger partial charge in [0.05, 0.1) is 16.8 Å². The van der Waals surface area contributed by atoms with Crippen LogP contribution in [0.25, 0.3) is 43.2 Å². The van der Waals surface area contributed by atoms with E-state index in [1.165, 1.54) is 87.5 Å². The van der Waals surface area contributed by atoms with Crippen LogP contribution in [0.4, 0.5) is 45.5 Å². The van der Waals surface area contributed by atoms with Crippen LogP contribution in [0.2, 0.25) is 0 Å². The van der Waals surface area contributed by atoms with E-state index in [2.05, 4.69) is 282 Å². The van der Waals surface area contributed by atoms with Crippen LogP contribution in [-0.2, 0) is 16.2 Å². The van der Waals surface area contributed by atoms with Gasteiger partial charge in [-0.2, -0.15) is 0 Å². The molecule has 4 aliphatic rings. The Morgan fingerprint density at radius 1 is 0.570 bits per heavy atom. The maximum Gasteiger partial charge on any atom is 0.264 e. The van der Waals surface area contributed by atoms with Crippen LogP contribution >= 0.6 is 11.3 Å². The second-order valence-corrected chi connectivity index (χ2v) is 25.9. The molecule has 0 saturated carbocycles. The summed E-state index contributed by atoms with van der Waals surface area (Å²) in [6, 6.07) is 73.5. The minimum absolute atomic E-state index is 0.0112. The number of anilines is 8. The molecular formula is C73H62BN3OS. The van der Waals surface area contributed by atoms with Gasteiger partial charge in [0.1, 0.15) is 11.2 Å². The number of fused-ring (bicyclic) bond motifs is 12. The minimum Gasteiger partial charge on any atom is -0.456 e. The fraction of sp³-hybridized carbons (Fsp3) is 0.178. The lowest BCUT2D eigenvalue weighted by Gasteiger charge is -2.44. The van der Waals surface area contributed by atoms with E-state index >= 15 is 0 Å². The van der Waals surface area contributed by atoms with Crippen molar-refractivity contribution in [3.05, 3.63) is 246 Å². The van der Waals surface area contributed by atoms with E-state index in [4.69, 9.17) is 4.42 Å². The SMILES string of the molecule is CC(C)(C)c1ccc(N(C2=CC=CCC2c2ccccc2)c2ccc3c(c2)N(c2cccc4oc5ccccc5c24)c2cccc4c2B3c2sc3cc5c(cc3c2N4c2ccc(C(C)(C)C)cc2)-c2ccccc2C5(C)C)cc1. The van der Waals surface area contributed by atoms with Crippen molar-refractivity contribution >= 4 is 111 Å². The lowest BCUT2D eigenvalue weighted by Crippen LogP contribution is -2.60. The molecule has 4 heterocycles. The van der Waals surface area contributed by atoms with Crippen LogP contribution in [0.1, 0.15) is 95.5 Å². The number of allylic oxidation sites excluding steroid dienone is 4. The highest BCUT2D eigenvalue weighted by atomic mass is 32.1. The molecule has 0 amide bonds. The van der Waals surface area contributed by atoms with Crippen molar-refractivity contribution in [2.45, 2.75) is 84.0 Å². The molecule has 6 heteroatoms.